The Hall–Kier alpha value is -3.29. The molecule has 31 heavy (non-hydrogen) atoms. The van der Waals surface area contributed by atoms with Gasteiger partial charge < -0.3 is 14.3 Å². The lowest BCUT2D eigenvalue weighted by Crippen LogP contribution is -2.18. The lowest BCUT2D eigenvalue weighted by atomic mass is 9.94. The van der Waals surface area contributed by atoms with Gasteiger partial charge in [0, 0.05) is 39.2 Å². The number of rotatable bonds is 3. The van der Waals surface area contributed by atoms with Crippen LogP contribution in [0.5, 0.6) is 0 Å². The first-order valence-electron chi connectivity index (χ1n) is 9.15. The zero-order valence-electron chi connectivity index (χ0n) is 16.5. The molecule has 4 rings (SSSR count). The molecule has 0 bridgehead atoms. The lowest BCUT2D eigenvalue weighted by molar-refractivity contribution is -0.146. The summed E-state index contributed by atoms with van der Waals surface area (Å²) < 4.78 is 11.2. The molecule has 1 aliphatic rings. The second-order valence-electron chi connectivity index (χ2n) is 6.64. The number of methoxy groups -OCH3 is 1. The molecule has 0 N–H and O–H groups in total. The van der Waals surface area contributed by atoms with Crippen LogP contribution in [-0.4, -0.2) is 29.7 Å². The third-order valence-electron chi connectivity index (χ3n) is 4.63. The van der Waals surface area contributed by atoms with Crippen LogP contribution in [0, 0.1) is 0 Å². The molecule has 3 aromatic rings. The van der Waals surface area contributed by atoms with Crippen molar-refractivity contribution < 1.29 is 23.9 Å². The van der Waals surface area contributed by atoms with Gasteiger partial charge in [-0.2, -0.15) is 4.73 Å². The summed E-state index contributed by atoms with van der Waals surface area (Å²) in [6.45, 7) is 1.29. The maximum absolute atomic E-state index is 11.9. The highest BCUT2D eigenvalue weighted by Gasteiger charge is 2.30. The summed E-state index contributed by atoms with van der Waals surface area (Å²) in [6, 6.07) is 12.5. The molecule has 0 saturated carbocycles. The van der Waals surface area contributed by atoms with Crippen molar-refractivity contribution in [3.63, 3.8) is 0 Å². The summed E-state index contributed by atoms with van der Waals surface area (Å²) in [6.07, 6.45) is 1.19. The molecular weight excluding hydrogens is 443 g/mol. The molecule has 0 saturated heterocycles. The molecule has 0 fully saturated rings. The van der Waals surface area contributed by atoms with Gasteiger partial charge in [0.2, 0.25) is 6.23 Å². The van der Waals surface area contributed by atoms with Crippen LogP contribution in [-0.2, 0) is 14.3 Å². The third kappa shape index (κ3) is 4.15. The van der Waals surface area contributed by atoms with E-state index in [9.17, 15) is 9.59 Å². The minimum atomic E-state index is -1.01. The number of nitrogens with zero attached hydrogens (tertiary/aromatic N) is 2. The van der Waals surface area contributed by atoms with Crippen LogP contribution in [0.25, 0.3) is 11.1 Å². The van der Waals surface area contributed by atoms with E-state index < -0.39 is 18.4 Å². The number of benzene rings is 2. The van der Waals surface area contributed by atoms with E-state index in [2.05, 4.69) is 4.74 Å². The standard InChI is InChI=1S/C22H16Cl2N2O5/c1-12(27)30-21-18-11-26(31-22(28)29-2)10-17(18)14-8-7-13(23)9-16(14)20(25-21)15-5-3-4-6-19(15)24/h3-11,21H,1-2H3. The summed E-state index contributed by atoms with van der Waals surface area (Å²) in [7, 11) is 1.20. The molecule has 7 nitrogen and oxygen atoms in total. The maximum atomic E-state index is 11.9. The fraction of sp³-hybridized carbons (Fsp3) is 0.136. The largest absolute Gasteiger partial charge is 0.533 e. The summed E-state index contributed by atoms with van der Waals surface area (Å²) in [5.41, 5.74) is 3.78. The number of carbonyl (C=O) groups excluding carboxylic acids is 2. The van der Waals surface area contributed by atoms with Crippen molar-refractivity contribution in [3.05, 3.63) is 81.6 Å². The van der Waals surface area contributed by atoms with Gasteiger partial charge in [0.1, 0.15) is 0 Å². The Morgan fingerprint density at radius 3 is 2.48 bits per heavy atom. The Kier molecular flexibility index (Phi) is 5.71. The van der Waals surface area contributed by atoms with Gasteiger partial charge in [-0.05, 0) is 23.8 Å². The van der Waals surface area contributed by atoms with E-state index >= 15 is 0 Å². The number of hydrogen-bond donors (Lipinski definition) is 0. The van der Waals surface area contributed by atoms with Gasteiger partial charge in [0.15, 0.2) is 0 Å². The first-order chi connectivity index (χ1) is 14.9. The van der Waals surface area contributed by atoms with Crippen LogP contribution in [0.4, 0.5) is 4.79 Å². The Balaban J connectivity index is 1.97. The van der Waals surface area contributed by atoms with Crippen molar-refractivity contribution in [2.24, 2.45) is 4.99 Å². The van der Waals surface area contributed by atoms with E-state index in [0.717, 1.165) is 5.56 Å². The average molecular weight is 459 g/mol. The normalized spacial score (nSPS) is 14.6. The van der Waals surface area contributed by atoms with Gasteiger partial charge in [0.05, 0.1) is 25.2 Å². The minimum Gasteiger partial charge on any atom is -0.436 e. The average Bonchev–Trinajstić information content (AvgIpc) is 3.10. The van der Waals surface area contributed by atoms with Crippen LogP contribution < -0.4 is 4.84 Å². The highest BCUT2D eigenvalue weighted by Crippen LogP contribution is 2.40. The molecule has 0 spiro atoms. The maximum Gasteiger partial charge on any atom is 0.533 e. The quantitative estimate of drug-likeness (QED) is 0.511. The number of aliphatic imine (C=N–C) groups is 1. The van der Waals surface area contributed by atoms with Gasteiger partial charge in [-0.1, -0.05) is 47.5 Å². The molecule has 0 amide bonds. The number of hydrogen-bond acceptors (Lipinski definition) is 6. The van der Waals surface area contributed by atoms with Crippen molar-refractivity contribution in [3.8, 4) is 11.1 Å². The second kappa shape index (κ2) is 8.45. The topological polar surface area (TPSA) is 79.1 Å². The molecule has 0 radical (unpaired) electrons. The Bertz CT molecular complexity index is 1220. The molecule has 2 heterocycles. The van der Waals surface area contributed by atoms with E-state index in [0.29, 0.717) is 38.0 Å². The van der Waals surface area contributed by atoms with Crippen LogP contribution in [0.1, 0.15) is 29.8 Å². The predicted octanol–water partition coefficient (Wildman–Crippen LogP) is 5.07. The van der Waals surface area contributed by atoms with Crippen molar-refractivity contribution in [2.45, 2.75) is 13.2 Å². The monoisotopic (exact) mass is 458 g/mol. The van der Waals surface area contributed by atoms with Crippen LogP contribution in [0.3, 0.4) is 0 Å². The number of ether oxygens (including phenoxy) is 2. The summed E-state index contributed by atoms with van der Waals surface area (Å²) >= 11 is 12.8. The molecule has 158 valence electrons. The smallest absolute Gasteiger partial charge is 0.436 e. The molecule has 2 aromatic carbocycles. The Morgan fingerprint density at radius 1 is 1.00 bits per heavy atom. The number of esters is 1. The zero-order chi connectivity index (χ0) is 22.1. The van der Waals surface area contributed by atoms with Gasteiger partial charge in [-0.25, -0.2) is 9.79 Å². The number of halogens is 2. The van der Waals surface area contributed by atoms with Crippen molar-refractivity contribution in [2.75, 3.05) is 7.11 Å². The minimum absolute atomic E-state index is 0.486. The van der Waals surface area contributed by atoms with E-state index in [-0.39, 0.29) is 0 Å². The van der Waals surface area contributed by atoms with E-state index in [1.54, 1.807) is 24.4 Å². The molecule has 0 aliphatic carbocycles. The Morgan fingerprint density at radius 2 is 1.77 bits per heavy atom. The van der Waals surface area contributed by atoms with Crippen molar-refractivity contribution in [1.29, 1.82) is 0 Å². The number of aromatic nitrogens is 1. The molecule has 9 heteroatoms. The van der Waals surface area contributed by atoms with Crippen LogP contribution >= 0.6 is 23.2 Å². The van der Waals surface area contributed by atoms with Crippen molar-refractivity contribution in [1.82, 2.24) is 4.73 Å². The molecule has 1 aromatic heterocycles. The zero-order valence-corrected chi connectivity index (χ0v) is 18.0. The number of carbonyl (C=O) groups is 2. The van der Waals surface area contributed by atoms with Crippen LogP contribution in [0.15, 0.2) is 59.9 Å². The van der Waals surface area contributed by atoms with Gasteiger partial charge >= 0.3 is 12.1 Å². The molecule has 1 atom stereocenters. The highest BCUT2D eigenvalue weighted by molar-refractivity contribution is 6.36. The van der Waals surface area contributed by atoms with Crippen molar-refractivity contribution >= 4 is 41.0 Å². The highest BCUT2D eigenvalue weighted by atomic mass is 35.5. The van der Waals surface area contributed by atoms with Gasteiger partial charge in [-0.3, -0.25) is 4.79 Å². The molecular formula is C22H16Cl2N2O5. The summed E-state index contributed by atoms with van der Waals surface area (Å²) in [5.74, 6) is -0.524. The summed E-state index contributed by atoms with van der Waals surface area (Å²) in [5, 5.41) is 0.982. The fourth-order valence-corrected chi connectivity index (χ4v) is 3.76. The second-order valence-corrected chi connectivity index (χ2v) is 7.49. The Labute approximate surface area is 187 Å². The fourth-order valence-electron chi connectivity index (χ4n) is 3.36. The molecule has 1 aliphatic heterocycles. The SMILES string of the molecule is COC(=O)On1cc2c(c1)C(OC(C)=O)N=C(c1ccccc1Cl)c1cc(Cl)ccc1-2. The van der Waals surface area contributed by atoms with E-state index in [4.69, 9.17) is 37.8 Å². The van der Waals surface area contributed by atoms with E-state index in [1.807, 2.05) is 24.3 Å². The first-order valence-corrected chi connectivity index (χ1v) is 9.91. The predicted molar refractivity (Wildman–Crippen MR) is 115 cm³/mol. The third-order valence-corrected chi connectivity index (χ3v) is 5.19. The van der Waals surface area contributed by atoms with E-state index in [1.165, 1.54) is 25.0 Å². The lowest BCUT2D eigenvalue weighted by Gasteiger charge is -2.14. The molecule has 1 unspecified atom stereocenters. The van der Waals surface area contributed by atoms with Crippen LogP contribution in [0.2, 0.25) is 10.0 Å². The number of fused-ring (bicyclic) bond motifs is 3. The van der Waals surface area contributed by atoms with Gasteiger partial charge in [-0.15, -0.1) is 0 Å². The first kappa shape index (κ1) is 21.0. The van der Waals surface area contributed by atoms with Gasteiger partial charge in [0.25, 0.3) is 0 Å². The summed E-state index contributed by atoms with van der Waals surface area (Å²) in [4.78, 5) is 33.3.